The summed E-state index contributed by atoms with van der Waals surface area (Å²) in [5, 5.41) is 27.4. The van der Waals surface area contributed by atoms with Crippen molar-refractivity contribution >= 4 is 11.7 Å². The Morgan fingerprint density at radius 3 is 2.20 bits per heavy atom. The maximum Gasteiger partial charge on any atom is 0.307 e. The van der Waals surface area contributed by atoms with Crippen molar-refractivity contribution in [3.05, 3.63) is 77.9 Å². The van der Waals surface area contributed by atoms with Gasteiger partial charge in [0.05, 0.1) is 30.3 Å². The fourth-order valence-corrected chi connectivity index (χ4v) is 2.44. The van der Waals surface area contributed by atoms with Crippen LogP contribution in [-0.2, 0) is 17.8 Å². The van der Waals surface area contributed by atoms with E-state index in [1.54, 1.807) is 29.5 Å². The van der Waals surface area contributed by atoms with Gasteiger partial charge in [0, 0.05) is 0 Å². The van der Waals surface area contributed by atoms with Crippen molar-refractivity contribution < 1.29 is 9.90 Å². The predicted molar refractivity (Wildman–Crippen MR) is 90.5 cm³/mol. The summed E-state index contributed by atoms with van der Waals surface area (Å²) in [5.74, 6) is -0.851. The van der Waals surface area contributed by atoms with Crippen LogP contribution in [0.2, 0.25) is 0 Å². The highest BCUT2D eigenvalue weighted by Gasteiger charge is 2.10. The number of anilines is 1. The van der Waals surface area contributed by atoms with E-state index in [1.165, 1.54) is 0 Å². The molecular weight excluding hydrogens is 318 g/mol. The maximum atomic E-state index is 10.8. The Hall–Kier alpha value is -3.66. The molecule has 0 saturated heterocycles. The van der Waals surface area contributed by atoms with Crippen LogP contribution in [0.1, 0.15) is 16.7 Å². The lowest BCUT2D eigenvalue weighted by Crippen LogP contribution is -2.27. The first kappa shape index (κ1) is 16.2. The lowest BCUT2D eigenvalue weighted by atomic mass is 10.1. The van der Waals surface area contributed by atoms with Crippen LogP contribution in [0.4, 0.5) is 5.69 Å². The Labute approximate surface area is 144 Å². The number of carboxylic acid groups (broad SMARTS) is 1. The van der Waals surface area contributed by atoms with E-state index in [1.807, 2.05) is 41.4 Å². The van der Waals surface area contributed by atoms with E-state index in [2.05, 4.69) is 16.3 Å². The second-order valence-corrected chi connectivity index (χ2v) is 5.45. The lowest BCUT2D eigenvalue weighted by molar-refractivity contribution is -0.136. The molecule has 0 saturated carbocycles. The first-order valence-corrected chi connectivity index (χ1v) is 7.58. The molecule has 0 radical (unpaired) electrons. The Balaban J connectivity index is 1.85. The summed E-state index contributed by atoms with van der Waals surface area (Å²) >= 11 is 0. The van der Waals surface area contributed by atoms with E-state index in [0.29, 0.717) is 12.1 Å². The summed E-state index contributed by atoms with van der Waals surface area (Å²) in [6.07, 6.45) is 3.19. The molecule has 0 aliphatic heterocycles. The van der Waals surface area contributed by atoms with Crippen LogP contribution in [0.3, 0.4) is 0 Å². The van der Waals surface area contributed by atoms with Crippen molar-refractivity contribution in [2.45, 2.75) is 13.0 Å². The Bertz CT molecular complexity index is 881. The molecule has 0 aliphatic rings. The van der Waals surface area contributed by atoms with Crippen molar-refractivity contribution in [1.29, 1.82) is 5.26 Å². The minimum Gasteiger partial charge on any atom is -0.481 e. The molecule has 0 bridgehead atoms. The monoisotopic (exact) mass is 333 g/mol. The van der Waals surface area contributed by atoms with E-state index in [4.69, 9.17) is 10.4 Å². The van der Waals surface area contributed by atoms with Crippen LogP contribution >= 0.6 is 0 Å². The maximum absolute atomic E-state index is 10.8. The van der Waals surface area contributed by atoms with Crippen LogP contribution in [0, 0.1) is 11.3 Å². The van der Waals surface area contributed by atoms with Crippen molar-refractivity contribution in [1.82, 2.24) is 14.9 Å². The lowest BCUT2D eigenvalue weighted by Gasteiger charge is -2.25. The molecule has 25 heavy (non-hydrogen) atoms. The van der Waals surface area contributed by atoms with Gasteiger partial charge in [-0.25, -0.2) is 4.68 Å². The molecule has 2 aromatic carbocycles. The van der Waals surface area contributed by atoms with Gasteiger partial charge in [-0.15, -0.1) is 10.2 Å². The van der Waals surface area contributed by atoms with Gasteiger partial charge in [-0.1, -0.05) is 24.3 Å². The highest BCUT2D eigenvalue weighted by atomic mass is 16.4. The predicted octanol–water partition coefficient (Wildman–Crippen LogP) is 2.25. The van der Waals surface area contributed by atoms with Gasteiger partial charge < -0.3 is 5.11 Å². The van der Waals surface area contributed by atoms with Gasteiger partial charge in [-0.2, -0.15) is 5.26 Å². The summed E-state index contributed by atoms with van der Waals surface area (Å²) in [7, 11) is 0. The third-order valence-corrected chi connectivity index (χ3v) is 3.69. The van der Waals surface area contributed by atoms with Gasteiger partial charge >= 0.3 is 5.97 Å². The number of benzene rings is 2. The van der Waals surface area contributed by atoms with Crippen LogP contribution < -0.4 is 5.01 Å². The smallest absolute Gasteiger partial charge is 0.307 e. The molecule has 1 heterocycles. The van der Waals surface area contributed by atoms with E-state index >= 15 is 0 Å². The second kappa shape index (κ2) is 7.27. The molecular formula is C18H15N5O2. The molecule has 1 aromatic heterocycles. The zero-order valence-corrected chi connectivity index (χ0v) is 13.3. The molecule has 0 amide bonds. The first-order chi connectivity index (χ1) is 12.2. The molecule has 1 N–H and O–H groups in total. The number of rotatable bonds is 6. The minimum absolute atomic E-state index is 0.00502. The van der Waals surface area contributed by atoms with E-state index < -0.39 is 5.97 Å². The van der Waals surface area contributed by atoms with Crippen molar-refractivity contribution in [3.8, 4) is 6.07 Å². The van der Waals surface area contributed by atoms with Gasteiger partial charge in [-0.05, 0) is 35.4 Å². The first-order valence-electron chi connectivity index (χ1n) is 7.58. The standard InChI is InChI=1S/C18H15N5O2/c19-10-15-5-7-17(8-6-15)23(22-12-20-21-13-22)11-16-3-1-14(2-4-16)9-18(24)25/h1-8,12-13H,9,11H2,(H,24,25). The normalized spacial score (nSPS) is 10.2. The van der Waals surface area contributed by atoms with Crippen LogP contribution in [0.25, 0.3) is 0 Å². The quantitative estimate of drug-likeness (QED) is 0.743. The number of aliphatic carboxylic acids is 1. The summed E-state index contributed by atoms with van der Waals surface area (Å²) in [6, 6.07) is 16.8. The number of aromatic nitrogens is 3. The van der Waals surface area contributed by atoms with Gasteiger partial charge in [-0.3, -0.25) is 9.80 Å². The fraction of sp³-hybridized carbons (Fsp3) is 0.111. The summed E-state index contributed by atoms with van der Waals surface area (Å²) < 4.78 is 1.76. The summed E-state index contributed by atoms with van der Waals surface area (Å²) in [6.45, 7) is 0.539. The Kier molecular flexibility index (Phi) is 4.72. The number of carboxylic acids is 1. The largest absolute Gasteiger partial charge is 0.481 e. The van der Waals surface area contributed by atoms with Gasteiger partial charge in [0.15, 0.2) is 0 Å². The molecule has 0 aliphatic carbocycles. The van der Waals surface area contributed by atoms with Crippen LogP contribution in [0.5, 0.6) is 0 Å². The zero-order chi connectivity index (χ0) is 17.6. The molecule has 0 spiro atoms. The van der Waals surface area contributed by atoms with Gasteiger partial charge in [0.2, 0.25) is 0 Å². The molecule has 0 fully saturated rings. The average Bonchev–Trinajstić information content (AvgIpc) is 3.15. The van der Waals surface area contributed by atoms with E-state index in [0.717, 1.165) is 16.8 Å². The molecule has 0 unspecified atom stereocenters. The van der Waals surface area contributed by atoms with Gasteiger partial charge in [0.25, 0.3) is 0 Å². The zero-order valence-electron chi connectivity index (χ0n) is 13.3. The minimum atomic E-state index is -0.851. The van der Waals surface area contributed by atoms with Crippen LogP contribution in [0.15, 0.2) is 61.2 Å². The van der Waals surface area contributed by atoms with Crippen molar-refractivity contribution in [2.24, 2.45) is 0 Å². The van der Waals surface area contributed by atoms with Crippen LogP contribution in [-0.4, -0.2) is 25.9 Å². The van der Waals surface area contributed by atoms with Crippen molar-refractivity contribution in [2.75, 3.05) is 5.01 Å². The highest BCUT2D eigenvalue weighted by molar-refractivity contribution is 5.70. The van der Waals surface area contributed by atoms with E-state index in [-0.39, 0.29) is 6.42 Å². The van der Waals surface area contributed by atoms with E-state index in [9.17, 15) is 4.79 Å². The topological polar surface area (TPSA) is 95.0 Å². The van der Waals surface area contributed by atoms with Gasteiger partial charge in [0.1, 0.15) is 12.7 Å². The molecule has 7 heteroatoms. The molecule has 0 atom stereocenters. The Morgan fingerprint density at radius 1 is 1.04 bits per heavy atom. The summed E-state index contributed by atoms with van der Waals surface area (Å²) in [5.41, 5.74) is 3.23. The third-order valence-electron chi connectivity index (χ3n) is 3.69. The number of carbonyl (C=O) groups is 1. The number of hydrogen-bond donors (Lipinski definition) is 1. The molecule has 3 rings (SSSR count). The third kappa shape index (κ3) is 4.00. The molecule has 3 aromatic rings. The number of hydrogen-bond acceptors (Lipinski definition) is 5. The number of nitriles is 1. The number of nitrogens with zero attached hydrogens (tertiary/aromatic N) is 5. The fourth-order valence-electron chi connectivity index (χ4n) is 2.44. The molecule has 124 valence electrons. The van der Waals surface area contributed by atoms with Crippen molar-refractivity contribution in [3.63, 3.8) is 0 Å². The Morgan fingerprint density at radius 2 is 1.64 bits per heavy atom. The highest BCUT2D eigenvalue weighted by Crippen LogP contribution is 2.19. The average molecular weight is 333 g/mol. The molecule has 7 nitrogen and oxygen atoms in total. The summed E-state index contributed by atoms with van der Waals surface area (Å²) in [4.78, 5) is 10.8. The SMILES string of the molecule is N#Cc1ccc(N(Cc2ccc(CC(=O)O)cc2)n2cnnc2)cc1. The second-order valence-electron chi connectivity index (χ2n) is 5.45.